The normalized spacial score (nSPS) is 26.9. The van der Waals surface area contributed by atoms with Crippen LogP contribution in [0.3, 0.4) is 0 Å². The molecule has 0 saturated carbocycles. The van der Waals surface area contributed by atoms with Crippen molar-refractivity contribution in [1.82, 2.24) is 24.8 Å². The Kier molecular flexibility index (Phi) is 4.36. The van der Waals surface area contributed by atoms with Gasteiger partial charge in [0, 0.05) is 38.1 Å². The van der Waals surface area contributed by atoms with Crippen LogP contribution in [0.2, 0.25) is 0 Å². The van der Waals surface area contributed by atoms with Crippen LogP contribution in [-0.2, 0) is 4.74 Å². The van der Waals surface area contributed by atoms with E-state index < -0.39 is 18.2 Å². The maximum absolute atomic E-state index is 14.3. The highest BCUT2D eigenvalue weighted by atomic mass is 19.1. The predicted octanol–water partition coefficient (Wildman–Crippen LogP) is 0.0199. The molecule has 11 heteroatoms. The Bertz CT molecular complexity index is 1080. The Hall–Kier alpha value is -3.18. The number of ether oxygens (including phenoxy) is 1. The zero-order valence-electron chi connectivity index (χ0n) is 16.3. The number of halogens is 1. The number of aliphatic hydroxyl groups is 1. The van der Waals surface area contributed by atoms with Crippen molar-refractivity contribution < 1.29 is 19.0 Å². The number of carbonyl (C=O) groups is 1. The van der Waals surface area contributed by atoms with Gasteiger partial charge in [0.1, 0.15) is 17.2 Å². The molecule has 2 aromatic rings. The number of rotatable bonds is 0. The third-order valence-corrected chi connectivity index (χ3v) is 5.63. The number of anilines is 2. The molecule has 2 bridgehead atoms. The van der Waals surface area contributed by atoms with Gasteiger partial charge in [-0.3, -0.25) is 4.79 Å². The number of fused-ring (bicyclic) bond motifs is 5. The molecule has 0 spiro atoms. The van der Waals surface area contributed by atoms with Crippen LogP contribution in [0.1, 0.15) is 16.8 Å². The summed E-state index contributed by atoms with van der Waals surface area (Å²) < 4.78 is 21.8. The Morgan fingerprint density at radius 2 is 2.27 bits per heavy atom. The molecule has 0 aliphatic carbocycles. The first-order valence-electron chi connectivity index (χ1n) is 9.72. The smallest absolute Gasteiger partial charge is 0.259 e. The van der Waals surface area contributed by atoms with E-state index >= 15 is 0 Å². The molecular formula is C19H22FN7O3. The molecule has 30 heavy (non-hydrogen) atoms. The number of nitrogens with zero attached hydrogens (tertiary/aromatic N) is 5. The molecule has 1 amide bonds. The summed E-state index contributed by atoms with van der Waals surface area (Å²) in [7, 11) is 1.73. The van der Waals surface area contributed by atoms with Gasteiger partial charge in [-0.25, -0.2) is 13.9 Å². The fourth-order valence-electron chi connectivity index (χ4n) is 4.36. The van der Waals surface area contributed by atoms with Crippen molar-refractivity contribution in [3.8, 4) is 0 Å². The summed E-state index contributed by atoms with van der Waals surface area (Å²) in [6, 6.07) is 1.41. The summed E-state index contributed by atoms with van der Waals surface area (Å²) in [6.45, 7) is 0.756. The molecule has 4 N–H and O–H groups in total. The number of aliphatic hydroxyl groups excluding tert-OH is 1. The first-order valence-corrected chi connectivity index (χ1v) is 9.72. The maximum atomic E-state index is 14.3. The highest BCUT2D eigenvalue weighted by Crippen LogP contribution is 2.35. The van der Waals surface area contributed by atoms with Gasteiger partial charge in [0.15, 0.2) is 17.7 Å². The summed E-state index contributed by atoms with van der Waals surface area (Å²) in [5, 5.41) is 17.4. The average Bonchev–Trinajstić information content (AvgIpc) is 3.23. The minimum atomic E-state index is -0.612. The van der Waals surface area contributed by atoms with E-state index in [1.807, 2.05) is 4.90 Å². The summed E-state index contributed by atoms with van der Waals surface area (Å²) in [5.74, 6) is -0.171. The summed E-state index contributed by atoms with van der Waals surface area (Å²) >= 11 is 0. The third-order valence-electron chi connectivity index (χ3n) is 5.63. The van der Waals surface area contributed by atoms with E-state index in [1.165, 1.54) is 16.8 Å². The van der Waals surface area contributed by atoms with Crippen LogP contribution in [0, 0.1) is 0 Å². The molecule has 1 fully saturated rings. The Balaban J connectivity index is 1.66. The number of nitrogen functional groups attached to an aromatic ring is 1. The lowest BCUT2D eigenvalue weighted by Gasteiger charge is -2.37. The van der Waals surface area contributed by atoms with Crippen LogP contribution in [0.4, 0.5) is 16.0 Å². The van der Waals surface area contributed by atoms with Crippen molar-refractivity contribution in [3.05, 3.63) is 41.5 Å². The maximum Gasteiger partial charge on any atom is 0.259 e. The van der Waals surface area contributed by atoms with Gasteiger partial charge in [-0.15, -0.1) is 5.10 Å². The van der Waals surface area contributed by atoms with Crippen molar-refractivity contribution in [2.24, 2.45) is 0 Å². The Morgan fingerprint density at radius 3 is 3.10 bits per heavy atom. The lowest BCUT2D eigenvalue weighted by atomic mass is 9.99. The lowest BCUT2D eigenvalue weighted by molar-refractivity contribution is -0.00520. The summed E-state index contributed by atoms with van der Waals surface area (Å²) in [5.41, 5.74) is 7.17. The van der Waals surface area contributed by atoms with Gasteiger partial charge in [0.2, 0.25) is 0 Å². The number of allylic oxidation sites excluding steroid dienone is 2. The molecule has 3 atom stereocenters. The number of likely N-dealkylation sites (N-methyl/N-ethyl adjacent to an activating group) is 1. The number of nitrogens with one attached hydrogen (secondary N) is 1. The molecule has 3 aliphatic rings. The molecule has 1 unspecified atom stereocenters. The minimum Gasteiger partial charge on any atom is -0.391 e. The second kappa shape index (κ2) is 6.96. The molecule has 1 saturated heterocycles. The molecule has 0 aromatic carbocycles. The molecular weight excluding hydrogens is 393 g/mol. The molecule has 10 nitrogen and oxygen atoms in total. The summed E-state index contributed by atoms with van der Waals surface area (Å²) in [6.07, 6.45) is 3.76. The predicted molar refractivity (Wildman–Crippen MR) is 106 cm³/mol. The van der Waals surface area contributed by atoms with Gasteiger partial charge in [0.25, 0.3) is 5.91 Å². The average molecular weight is 415 g/mol. The molecule has 5 heterocycles. The number of hydrogen-bond acceptors (Lipinski definition) is 8. The van der Waals surface area contributed by atoms with Crippen LogP contribution >= 0.6 is 0 Å². The zero-order valence-corrected chi connectivity index (χ0v) is 16.3. The fraction of sp³-hybridized carbons (Fsp3) is 0.421. The number of aromatic nitrogens is 3. The van der Waals surface area contributed by atoms with Gasteiger partial charge in [-0.05, 0) is 18.6 Å². The molecule has 2 aromatic heterocycles. The van der Waals surface area contributed by atoms with Crippen molar-refractivity contribution in [3.63, 3.8) is 0 Å². The minimum absolute atomic E-state index is 0.0772. The third kappa shape index (κ3) is 2.97. The molecule has 3 aliphatic heterocycles. The van der Waals surface area contributed by atoms with E-state index in [0.717, 1.165) is 0 Å². The van der Waals surface area contributed by atoms with Crippen molar-refractivity contribution in [2.45, 2.75) is 24.8 Å². The van der Waals surface area contributed by atoms with E-state index in [9.17, 15) is 14.3 Å². The highest BCUT2D eigenvalue weighted by Gasteiger charge is 2.40. The van der Waals surface area contributed by atoms with Crippen molar-refractivity contribution in [1.29, 1.82) is 0 Å². The van der Waals surface area contributed by atoms with Crippen LogP contribution in [0.15, 0.2) is 35.9 Å². The number of amides is 1. The monoisotopic (exact) mass is 415 g/mol. The number of carbonyl (C=O) groups excluding carboxylic acids is 1. The van der Waals surface area contributed by atoms with E-state index in [1.54, 1.807) is 24.2 Å². The molecule has 158 valence electrons. The van der Waals surface area contributed by atoms with E-state index in [4.69, 9.17) is 10.5 Å². The molecule has 5 rings (SSSR count). The number of hydrogen-bond donors (Lipinski definition) is 3. The second-order valence-electron chi connectivity index (χ2n) is 7.67. The number of nitrogens with two attached hydrogens (primary N) is 1. The second-order valence-corrected chi connectivity index (χ2v) is 7.67. The van der Waals surface area contributed by atoms with Crippen LogP contribution in [-0.4, -0.2) is 75.6 Å². The van der Waals surface area contributed by atoms with Gasteiger partial charge < -0.3 is 30.7 Å². The topological polar surface area (TPSA) is 121 Å². The Labute approximate surface area is 171 Å². The standard InChI is InChI=1S/C19H22FN7O3/c1-25-8-10(20)6-12-13-7-11(28)9-26(13)14-2-4-27-17(23-14)15(16(21)24-27)18(29)22-3-5-30-19(12)25/h2,4,6,8,11,13,19,28H,3,5,7,9H2,1H3,(H2,21,24)(H,22,29)/t11-,13-,19?/m1/s1. The first-order chi connectivity index (χ1) is 14.4. The van der Waals surface area contributed by atoms with E-state index in [2.05, 4.69) is 15.4 Å². The summed E-state index contributed by atoms with van der Waals surface area (Å²) in [4.78, 5) is 20.9. The SMILES string of the molecule is CN1C=C(F)C=C2C1OCCNC(=O)c1c(N)nn3ccc(nc13)N1C[C@H](O)C[C@H]21. The van der Waals surface area contributed by atoms with Gasteiger partial charge in [0.05, 0.1) is 18.8 Å². The zero-order chi connectivity index (χ0) is 21.0. The largest absolute Gasteiger partial charge is 0.391 e. The molecule has 0 radical (unpaired) electrons. The van der Waals surface area contributed by atoms with Crippen LogP contribution in [0.5, 0.6) is 0 Å². The van der Waals surface area contributed by atoms with Crippen molar-refractivity contribution >= 4 is 23.2 Å². The van der Waals surface area contributed by atoms with Gasteiger partial charge >= 0.3 is 0 Å². The van der Waals surface area contributed by atoms with E-state index in [-0.39, 0.29) is 36.4 Å². The Morgan fingerprint density at radius 1 is 1.43 bits per heavy atom. The van der Waals surface area contributed by atoms with Crippen LogP contribution < -0.4 is 16.0 Å². The lowest BCUT2D eigenvalue weighted by Crippen LogP contribution is -2.44. The van der Waals surface area contributed by atoms with E-state index in [0.29, 0.717) is 30.0 Å². The van der Waals surface area contributed by atoms with Gasteiger partial charge in [-0.2, -0.15) is 0 Å². The van der Waals surface area contributed by atoms with Gasteiger partial charge in [-0.1, -0.05) is 0 Å². The quantitative estimate of drug-likeness (QED) is 0.551. The highest BCUT2D eigenvalue weighted by molar-refractivity contribution is 6.04. The van der Waals surface area contributed by atoms with Crippen molar-refractivity contribution in [2.75, 3.05) is 37.4 Å². The fourth-order valence-corrected chi connectivity index (χ4v) is 4.36. The van der Waals surface area contributed by atoms with Crippen LogP contribution in [0.25, 0.3) is 5.65 Å². The first kappa shape index (κ1) is 18.8.